The molecule has 102 valence electrons. The maximum absolute atomic E-state index is 11.8. The first-order valence-electron chi connectivity index (χ1n) is 6.33. The monoisotopic (exact) mass is 281 g/mol. The zero-order valence-corrected chi connectivity index (χ0v) is 11.2. The fourth-order valence-corrected chi connectivity index (χ4v) is 2.37. The van der Waals surface area contributed by atoms with Gasteiger partial charge in [-0.15, -0.1) is 0 Å². The van der Waals surface area contributed by atoms with Crippen LogP contribution in [0.25, 0.3) is 0 Å². The fraction of sp³-hybridized carbons (Fsp3) is 0.429. The Kier molecular flexibility index (Phi) is 4.43. The maximum atomic E-state index is 11.8. The third-order valence-electron chi connectivity index (χ3n) is 3.27. The molecule has 2 N–H and O–H groups in total. The van der Waals surface area contributed by atoms with Crippen molar-refractivity contribution < 1.29 is 14.7 Å². The molecule has 0 aromatic heterocycles. The molecule has 1 aromatic carbocycles. The quantitative estimate of drug-likeness (QED) is 0.787. The van der Waals surface area contributed by atoms with Crippen molar-refractivity contribution in [1.29, 1.82) is 0 Å². The van der Waals surface area contributed by atoms with Crippen LogP contribution in [0.4, 0.5) is 0 Å². The second-order valence-corrected chi connectivity index (χ2v) is 5.23. The molecule has 0 saturated heterocycles. The SMILES string of the molecule is O=C(O)CCCNC(=O)C1CC1c1cccc(Cl)c1. The van der Waals surface area contributed by atoms with Gasteiger partial charge in [-0.05, 0) is 36.5 Å². The Labute approximate surface area is 116 Å². The van der Waals surface area contributed by atoms with Gasteiger partial charge in [0.1, 0.15) is 0 Å². The third kappa shape index (κ3) is 3.96. The molecule has 1 amide bonds. The van der Waals surface area contributed by atoms with E-state index in [9.17, 15) is 9.59 Å². The van der Waals surface area contributed by atoms with E-state index >= 15 is 0 Å². The Morgan fingerprint density at radius 2 is 2.21 bits per heavy atom. The van der Waals surface area contributed by atoms with Crippen LogP contribution in [0, 0.1) is 5.92 Å². The van der Waals surface area contributed by atoms with E-state index in [1.54, 1.807) is 0 Å². The molecule has 1 aliphatic carbocycles. The molecule has 19 heavy (non-hydrogen) atoms. The lowest BCUT2D eigenvalue weighted by molar-refractivity contribution is -0.137. The summed E-state index contributed by atoms with van der Waals surface area (Å²) in [6, 6.07) is 7.57. The highest BCUT2D eigenvalue weighted by molar-refractivity contribution is 6.30. The molecule has 2 atom stereocenters. The van der Waals surface area contributed by atoms with E-state index in [0.29, 0.717) is 18.0 Å². The van der Waals surface area contributed by atoms with Crippen molar-refractivity contribution in [2.75, 3.05) is 6.54 Å². The molecule has 1 saturated carbocycles. The number of benzene rings is 1. The molecule has 1 aliphatic rings. The van der Waals surface area contributed by atoms with Crippen LogP contribution in [0.15, 0.2) is 24.3 Å². The van der Waals surface area contributed by atoms with E-state index in [4.69, 9.17) is 16.7 Å². The van der Waals surface area contributed by atoms with Crippen molar-refractivity contribution in [2.45, 2.75) is 25.2 Å². The van der Waals surface area contributed by atoms with Crippen molar-refractivity contribution in [3.05, 3.63) is 34.9 Å². The summed E-state index contributed by atoms with van der Waals surface area (Å²) in [6.07, 6.45) is 1.39. The zero-order valence-electron chi connectivity index (χ0n) is 10.4. The van der Waals surface area contributed by atoms with Gasteiger partial charge in [0.15, 0.2) is 0 Å². The standard InChI is InChI=1S/C14H16ClNO3/c15-10-4-1-3-9(7-10)11-8-12(11)14(19)16-6-2-5-13(17)18/h1,3-4,7,11-12H,2,5-6,8H2,(H,16,19)(H,17,18). The Balaban J connectivity index is 1.76. The van der Waals surface area contributed by atoms with Gasteiger partial charge < -0.3 is 10.4 Å². The van der Waals surface area contributed by atoms with E-state index in [0.717, 1.165) is 12.0 Å². The summed E-state index contributed by atoms with van der Waals surface area (Å²) >= 11 is 5.92. The zero-order chi connectivity index (χ0) is 13.8. The van der Waals surface area contributed by atoms with Crippen LogP contribution in [0.1, 0.15) is 30.7 Å². The van der Waals surface area contributed by atoms with Crippen molar-refractivity contribution >= 4 is 23.5 Å². The number of carbonyl (C=O) groups is 2. The van der Waals surface area contributed by atoms with Crippen LogP contribution in [-0.4, -0.2) is 23.5 Å². The molecule has 0 bridgehead atoms. The molecular weight excluding hydrogens is 266 g/mol. The number of halogens is 1. The average Bonchev–Trinajstić information content (AvgIpc) is 3.14. The number of amides is 1. The lowest BCUT2D eigenvalue weighted by Crippen LogP contribution is -2.26. The number of carboxylic acids is 1. The minimum absolute atomic E-state index is 0.00305. The molecule has 4 nitrogen and oxygen atoms in total. The number of hydrogen-bond acceptors (Lipinski definition) is 2. The van der Waals surface area contributed by atoms with Crippen LogP contribution in [0.3, 0.4) is 0 Å². The number of nitrogens with one attached hydrogen (secondary N) is 1. The molecule has 5 heteroatoms. The summed E-state index contributed by atoms with van der Waals surface area (Å²) in [6.45, 7) is 0.421. The lowest BCUT2D eigenvalue weighted by Gasteiger charge is -2.04. The number of hydrogen-bond donors (Lipinski definition) is 2. The van der Waals surface area contributed by atoms with Crippen LogP contribution in [-0.2, 0) is 9.59 Å². The largest absolute Gasteiger partial charge is 0.481 e. The molecule has 0 spiro atoms. The molecule has 1 fully saturated rings. The summed E-state index contributed by atoms with van der Waals surface area (Å²) in [4.78, 5) is 22.2. The lowest BCUT2D eigenvalue weighted by atomic mass is 10.1. The van der Waals surface area contributed by atoms with Crippen molar-refractivity contribution in [3.8, 4) is 0 Å². The van der Waals surface area contributed by atoms with E-state index in [-0.39, 0.29) is 24.2 Å². The normalized spacial score (nSPS) is 20.9. The highest BCUT2D eigenvalue weighted by Gasteiger charge is 2.43. The van der Waals surface area contributed by atoms with Crippen LogP contribution in [0.5, 0.6) is 0 Å². The first kappa shape index (κ1) is 13.9. The second-order valence-electron chi connectivity index (χ2n) is 4.79. The Morgan fingerprint density at radius 1 is 1.42 bits per heavy atom. The van der Waals surface area contributed by atoms with Gasteiger partial charge >= 0.3 is 5.97 Å². The summed E-state index contributed by atoms with van der Waals surface area (Å²) < 4.78 is 0. The van der Waals surface area contributed by atoms with Crippen LogP contribution < -0.4 is 5.32 Å². The highest BCUT2D eigenvalue weighted by atomic mass is 35.5. The fourth-order valence-electron chi connectivity index (χ4n) is 2.17. The van der Waals surface area contributed by atoms with Gasteiger partial charge in [0, 0.05) is 23.9 Å². The Morgan fingerprint density at radius 3 is 2.89 bits per heavy atom. The van der Waals surface area contributed by atoms with Gasteiger partial charge in [-0.25, -0.2) is 0 Å². The molecule has 1 aromatic rings. The summed E-state index contributed by atoms with van der Waals surface area (Å²) in [5, 5.41) is 12.0. The van der Waals surface area contributed by atoms with E-state index in [1.807, 2.05) is 24.3 Å². The topological polar surface area (TPSA) is 66.4 Å². The molecule has 2 unspecified atom stereocenters. The second kappa shape index (κ2) is 6.06. The van der Waals surface area contributed by atoms with Gasteiger partial charge in [-0.1, -0.05) is 23.7 Å². The van der Waals surface area contributed by atoms with Crippen molar-refractivity contribution in [1.82, 2.24) is 5.32 Å². The molecule has 0 aliphatic heterocycles. The van der Waals surface area contributed by atoms with E-state index < -0.39 is 5.97 Å². The first-order valence-corrected chi connectivity index (χ1v) is 6.70. The van der Waals surface area contributed by atoms with Crippen LogP contribution in [0.2, 0.25) is 5.02 Å². The predicted molar refractivity (Wildman–Crippen MR) is 72.2 cm³/mol. The van der Waals surface area contributed by atoms with Gasteiger partial charge in [0.05, 0.1) is 0 Å². The van der Waals surface area contributed by atoms with Crippen molar-refractivity contribution in [2.24, 2.45) is 5.92 Å². The minimum Gasteiger partial charge on any atom is -0.481 e. The van der Waals surface area contributed by atoms with Gasteiger partial charge in [-0.2, -0.15) is 0 Å². The summed E-state index contributed by atoms with van der Waals surface area (Å²) in [5.74, 6) is -0.575. The van der Waals surface area contributed by atoms with Crippen LogP contribution >= 0.6 is 11.6 Å². The molecule has 2 rings (SSSR count). The molecule has 0 heterocycles. The smallest absolute Gasteiger partial charge is 0.303 e. The number of rotatable bonds is 6. The number of aliphatic carboxylic acids is 1. The minimum atomic E-state index is -0.836. The van der Waals surface area contributed by atoms with E-state index in [2.05, 4.69) is 5.32 Å². The highest BCUT2D eigenvalue weighted by Crippen LogP contribution is 2.47. The number of carboxylic acid groups (broad SMARTS) is 1. The Hall–Kier alpha value is -1.55. The van der Waals surface area contributed by atoms with E-state index in [1.165, 1.54) is 0 Å². The summed E-state index contributed by atoms with van der Waals surface area (Å²) in [7, 11) is 0. The van der Waals surface area contributed by atoms with Gasteiger partial charge in [-0.3, -0.25) is 9.59 Å². The number of carbonyl (C=O) groups excluding carboxylic acids is 1. The van der Waals surface area contributed by atoms with Gasteiger partial charge in [0.25, 0.3) is 0 Å². The molecule has 0 radical (unpaired) electrons. The van der Waals surface area contributed by atoms with Gasteiger partial charge in [0.2, 0.25) is 5.91 Å². The molecular formula is C14H16ClNO3. The Bertz CT molecular complexity index is 489. The average molecular weight is 282 g/mol. The maximum Gasteiger partial charge on any atom is 0.303 e. The van der Waals surface area contributed by atoms with Crippen molar-refractivity contribution in [3.63, 3.8) is 0 Å². The predicted octanol–water partition coefficient (Wildman–Crippen LogP) is 2.42. The summed E-state index contributed by atoms with van der Waals surface area (Å²) in [5.41, 5.74) is 1.10. The first-order chi connectivity index (χ1) is 9.08. The third-order valence-corrected chi connectivity index (χ3v) is 3.51.